The largest absolute Gasteiger partial charge is 0.369 e. The van der Waals surface area contributed by atoms with Gasteiger partial charge in [0.25, 0.3) is 0 Å². The molecule has 0 aromatic heterocycles. The summed E-state index contributed by atoms with van der Waals surface area (Å²) < 4.78 is 0. The summed E-state index contributed by atoms with van der Waals surface area (Å²) in [5.74, 6) is 0.874. The Kier molecular flexibility index (Phi) is 4.18. The highest BCUT2D eigenvalue weighted by atomic mass is 35.5. The number of rotatable bonds is 5. The Morgan fingerprint density at radius 3 is 2.44 bits per heavy atom. The van der Waals surface area contributed by atoms with E-state index in [9.17, 15) is 0 Å². The molecule has 0 spiro atoms. The summed E-state index contributed by atoms with van der Waals surface area (Å²) in [6, 6.07) is 6.76. The molecule has 3 heteroatoms. The Labute approximate surface area is 115 Å². The number of hydrogen-bond acceptors (Lipinski definition) is 2. The normalized spacial score (nSPS) is 17.0. The molecule has 1 aromatic rings. The van der Waals surface area contributed by atoms with Gasteiger partial charge in [0.05, 0.1) is 0 Å². The number of hydrogen-bond donors (Lipinski definition) is 1. The predicted octanol–water partition coefficient (Wildman–Crippen LogP) is 3.98. The van der Waals surface area contributed by atoms with Crippen LogP contribution in [0.3, 0.4) is 0 Å². The minimum atomic E-state index is -0.0116. The van der Waals surface area contributed by atoms with E-state index < -0.39 is 0 Å². The van der Waals surface area contributed by atoms with Crippen molar-refractivity contribution in [3.05, 3.63) is 28.8 Å². The van der Waals surface area contributed by atoms with E-state index in [4.69, 9.17) is 17.3 Å². The van der Waals surface area contributed by atoms with Crippen LogP contribution in [0, 0.1) is 5.92 Å². The summed E-state index contributed by atoms with van der Waals surface area (Å²) in [6.45, 7) is 7.57. The molecule has 0 radical (unpaired) electrons. The first kappa shape index (κ1) is 13.7. The highest BCUT2D eigenvalue weighted by Gasteiger charge is 2.26. The first-order valence-electron chi connectivity index (χ1n) is 6.80. The van der Waals surface area contributed by atoms with E-state index in [2.05, 4.69) is 36.9 Å². The van der Waals surface area contributed by atoms with Gasteiger partial charge in [0.15, 0.2) is 0 Å². The van der Waals surface area contributed by atoms with Gasteiger partial charge in [-0.3, -0.25) is 0 Å². The van der Waals surface area contributed by atoms with Crippen molar-refractivity contribution in [1.29, 1.82) is 0 Å². The number of nitrogens with two attached hydrogens (primary N) is 1. The van der Waals surface area contributed by atoms with Crippen LogP contribution >= 0.6 is 11.6 Å². The third-order valence-electron chi connectivity index (χ3n) is 3.58. The molecule has 0 bridgehead atoms. The molecule has 1 fully saturated rings. The second kappa shape index (κ2) is 5.50. The van der Waals surface area contributed by atoms with Gasteiger partial charge in [0, 0.05) is 29.3 Å². The topological polar surface area (TPSA) is 29.3 Å². The number of anilines is 1. The Bertz CT molecular complexity index is 411. The number of benzene rings is 1. The molecule has 1 aliphatic rings. The summed E-state index contributed by atoms with van der Waals surface area (Å²) in [5, 5.41) is 0.781. The molecule has 0 heterocycles. The fourth-order valence-electron chi connectivity index (χ4n) is 2.26. The van der Waals surface area contributed by atoms with E-state index in [0.717, 1.165) is 23.0 Å². The molecule has 100 valence electrons. The zero-order valence-electron chi connectivity index (χ0n) is 11.5. The Hall–Kier alpha value is -0.730. The predicted molar refractivity (Wildman–Crippen MR) is 79.3 cm³/mol. The maximum absolute atomic E-state index is 6.32. The molecule has 18 heavy (non-hydrogen) atoms. The monoisotopic (exact) mass is 266 g/mol. The van der Waals surface area contributed by atoms with Gasteiger partial charge in [-0.25, -0.2) is 0 Å². The van der Waals surface area contributed by atoms with Crippen LogP contribution in [-0.4, -0.2) is 12.6 Å². The highest BCUT2D eigenvalue weighted by Crippen LogP contribution is 2.34. The Balaban J connectivity index is 2.21. The maximum atomic E-state index is 6.32. The van der Waals surface area contributed by atoms with Crippen molar-refractivity contribution in [3.8, 4) is 0 Å². The van der Waals surface area contributed by atoms with Gasteiger partial charge in [-0.05, 0) is 57.2 Å². The van der Waals surface area contributed by atoms with Gasteiger partial charge in [-0.1, -0.05) is 17.7 Å². The van der Waals surface area contributed by atoms with Crippen molar-refractivity contribution in [1.82, 2.24) is 0 Å². The van der Waals surface area contributed by atoms with Gasteiger partial charge in [-0.15, -0.1) is 0 Å². The van der Waals surface area contributed by atoms with Crippen LogP contribution in [0.1, 0.15) is 45.2 Å². The molecule has 1 atom stereocenters. The lowest BCUT2D eigenvalue weighted by Gasteiger charge is -2.29. The third-order valence-corrected chi connectivity index (χ3v) is 3.91. The van der Waals surface area contributed by atoms with Gasteiger partial charge < -0.3 is 10.6 Å². The molecule has 0 aliphatic heterocycles. The second-order valence-corrected chi connectivity index (χ2v) is 6.09. The Morgan fingerprint density at radius 1 is 1.33 bits per heavy atom. The average molecular weight is 267 g/mol. The molecular formula is C15H23ClN2. The van der Waals surface area contributed by atoms with Crippen LogP contribution in [-0.2, 0) is 0 Å². The van der Waals surface area contributed by atoms with Crippen molar-refractivity contribution in [2.45, 2.75) is 45.7 Å². The van der Waals surface area contributed by atoms with Gasteiger partial charge in [0.2, 0.25) is 0 Å². The van der Waals surface area contributed by atoms with Crippen LogP contribution in [0.5, 0.6) is 0 Å². The van der Waals surface area contributed by atoms with Crippen molar-refractivity contribution >= 4 is 17.3 Å². The second-order valence-electron chi connectivity index (χ2n) is 5.68. The Morgan fingerprint density at radius 2 is 2.00 bits per heavy atom. The van der Waals surface area contributed by atoms with Crippen LogP contribution in [0.4, 0.5) is 5.69 Å². The fourth-order valence-corrected chi connectivity index (χ4v) is 2.60. The number of halogens is 1. The van der Waals surface area contributed by atoms with Crippen molar-refractivity contribution in [3.63, 3.8) is 0 Å². The highest BCUT2D eigenvalue weighted by molar-refractivity contribution is 6.31. The molecule has 1 saturated carbocycles. The first-order valence-corrected chi connectivity index (χ1v) is 7.18. The van der Waals surface area contributed by atoms with Gasteiger partial charge in [-0.2, -0.15) is 0 Å². The molecule has 1 unspecified atom stereocenters. The molecule has 1 aliphatic carbocycles. The average Bonchev–Trinajstić information content (AvgIpc) is 3.08. The lowest BCUT2D eigenvalue weighted by atomic mass is 10.1. The van der Waals surface area contributed by atoms with Crippen LogP contribution in [0.15, 0.2) is 18.2 Å². The fraction of sp³-hybridized carbons (Fsp3) is 0.600. The molecule has 2 nitrogen and oxygen atoms in total. The zero-order valence-corrected chi connectivity index (χ0v) is 12.2. The first-order chi connectivity index (χ1) is 8.49. The lowest BCUT2D eigenvalue weighted by Crippen LogP contribution is -2.32. The summed E-state index contributed by atoms with van der Waals surface area (Å²) in [4.78, 5) is 2.44. The zero-order chi connectivity index (χ0) is 13.3. The van der Waals surface area contributed by atoms with E-state index in [0.29, 0.717) is 6.04 Å². The summed E-state index contributed by atoms with van der Waals surface area (Å²) in [7, 11) is 0. The van der Waals surface area contributed by atoms with E-state index in [1.54, 1.807) is 0 Å². The smallest absolute Gasteiger partial charge is 0.0474 e. The standard InChI is InChI=1S/C15H23ClN2/c1-10(2)18(9-12-4-5-12)13-6-7-14(11(3)17)15(16)8-13/h6-8,10-12H,4-5,9,17H2,1-3H3. The van der Waals surface area contributed by atoms with E-state index in [-0.39, 0.29) is 6.04 Å². The maximum Gasteiger partial charge on any atom is 0.0474 e. The minimum Gasteiger partial charge on any atom is -0.369 e. The molecule has 2 rings (SSSR count). The summed E-state index contributed by atoms with van der Waals surface area (Å²) >= 11 is 6.32. The lowest BCUT2D eigenvalue weighted by molar-refractivity contribution is 0.644. The molecular weight excluding hydrogens is 244 g/mol. The third kappa shape index (κ3) is 3.18. The summed E-state index contributed by atoms with van der Waals surface area (Å²) in [6.07, 6.45) is 2.74. The van der Waals surface area contributed by atoms with Crippen LogP contribution in [0.25, 0.3) is 0 Å². The minimum absolute atomic E-state index is 0.0116. The molecule has 0 amide bonds. The van der Waals surface area contributed by atoms with Gasteiger partial charge in [0.1, 0.15) is 0 Å². The van der Waals surface area contributed by atoms with Gasteiger partial charge >= 0.3 is 0 Å². The van der Waals surface area contributed by atoms with E-state index in [1.807, 2.05) is 6.92 Å². The van der Waals surface area contributed by atoms with Crippen molar-refractivity contribution in [2.24, 2.45) is 11.7 Å². The number of nitrogens with zero attached hydrogens (tertiary/aromatic N) is 1. The molecule has 0 saturated heterocycles. The summed E-state index contributed by atoms with van der Waals surface area (Å²) in [5.41, 5.74) is 8.13. The van der Waals surface area contributed by atoms with Crippen LogP contribution < -0.4 is 10.6 Å². The molecule has 2 N–H and O–H groups in total. The SMILES string of the molecule is CC(N)c1ccc(N(CC2CC2)C(C)C)cc1Cl. The van der Waals surface area contributed by atoms with Crippen LogP contribution in [0.2, 0.25) is 5.02 Å². The van der Waals surface area contributed by atoms with Crippen molar-refractivity contribution in [2.75, 3.05) is 11.4 Å². The molecule has 1 aromatic carbocycles. The quantitative estimate of drug-likeness (QED) is 0.873. The van der Waals surface area contributed by atoms with E-state index in [1.165, 1.54) is 18.5 Å². The van der Waals surface area contributed by atoms with Crippen molar-refractivity contribution < 1.29 is 0 Å². The van der Waals surface area contributed by atoms with E-state index >= 15 is 0 Å².